The Bertz CT molecular complexity index is 313. The summed E-state index contributed by atoms with van der Waals surface area (Å²) in [6.07, 6.45) is 2.57. The fraction of sp³-hybridized carbons (Fsp3) is 0.667. The summed E-state index contributed by atoms with van der Waals surface area (Å²) in [7, 11) is 0. The number of hydrogen-bond donors (Lipinski definition) is 1. The Kier molecular flexibility index (Phi) is 3.00. The van der Waals surface area contributed by atoms with Crippen molar-refractivity contribution in [2.45, 2.75) is 45.8 Å². The van der Waals surface area contributed by atoms with Gasteiger partial charge in [-0.1, -0.05) is 0 Å². The van der Waals surface area contributed by atoms with Crippen LogP contribution in [0.25, 0.3) is 0 Å². The summed E-state index contributed by atoms with van der Waals surface area (Å²) >= 11 is 0. The smallest absolute Gasteiger partial charge is 0.0567 e. The summed E-state index contributed by atoms with van der Waals surface area (Å²) in [6, 6.07) is 4.83. The van der Waals surface area contributed by atoms with Crippen molar-refractivity contribution >= 4 is 0 Å². The van der Waals surface area contributed by atoms with E-state index in [2.05, 4.69) is 43.0 Å². The van der Waals surface area contributed by atoms with Gasteiger partial charge in [0.1, 0.15) is 0 Å². The van der Waals surface area contributed by atoms with Gasteiger partial charge >= 0.3 is 0 Å². The minimum Gasteiger partial charge on any atom is -0.378 e. The van der Waals surface area contributed by atoms with Crippen LogP contribution in [0.1, 0.15) is 31.2 Å². The molecule has 1 fully saturated rings. The lowest BCUT2D eigenvalue weighted by molar-refractivity contribution is 0.0213. The van der Waals surface area contributed by atoms with Gasteiger partial charge in [-0.15, -0.1) is 0 Å². The van der Waals surface area contributed by atoms with Gasteiger partial charge in [0.25, 0.3) is 0 Å². The molecular weight excluding hydrogens is 188 g/mol. The van der Waals surface area contributed by atoms with Gasteiger partial charge < -0.3 is 10.2 Å². The van der Waals surface area contributed by atoms with Crippen LogP contribution >= 0.6 is 0 Å². The predicted octanol–water partition coefficient (Wildman–Crippen LogP) is 2.22. The molecule has 3 heteroatoms. The highest BCUT2D eigenvalue weighted by Crippen LogP contribution is 2.15. The highest BCUT2D eigenvalue weighted by Gasteiger charge is 2.19. The third-order valence-electron chi connectivity index (χ3n) is 3.07. The van der Waals surface area contributed by atoms with E-state index in [9.17, 15) is 0 Å². The zero-order valence-electron chi connectivity index (χ0n) is 9.79. The Morgan fingerprint density at radius 2 is 2.00 bits per heavy atom. The van der Waals surface area contributed by atoms with E-state index in [1.165, 1.54) is 11.4 Å². The van der Waals surface area contributed by atoms with Crippen molar-refractivity contribution in [1.82, 2.24) is 4.68 Å². The SMILES string of the molecule is Cc1ccc(C)n1NC1CCOC(C)C1. The lowest BCUT2D eigenvalue weighted by Gasteiger charge is -2.30. The van der Waals surface area contributed by atoms with E-state index in [0.717, 1.165) is 19.4 Å². The summed E-state index contributed by atoms with van der Waals surface area (Å²) in [6.45, 7) is 7.27. The second-order valence-corrected chi connectivity index (χ2v) is 4.48. The van der Waals surface area contributed by atoms with Crippen LogP contribution in [0.2, 0.25) is 0 Å². The minimum absolute atomic E-state index is 0.382. The molecule has 0 aliphatic carbocycles. The zero-order chi connectivity index (χ0) is 10.8. The molecule has 1 aliphatic rings. The van der Waals surface area contributed by atoms with Crippen LogP contribution in [0, 0.1) is 13.8 Å². The Morgan fingerprint density at radius 1 is 1.33 bits per heavy atom. The Balaban J connectivity index is 2.02. The molecule has 0 radical (unpaired) electrons. The van der Waals surface area contributed by atoms with Gasteiger partial charge in [-0.2, -0.15) is 0 Å². The number of nitrogens with one attached hydrogen (secondary N) is 1. The molecule has 1 N–H and O–H groups in total. The highest BCUT2D eigenvalue weighted by molar-refractivity contribution is 5.16. The molecule has 1 aromatic heterocycles. The van der Waals surface area contributed by atoms with Gasteiger partial charge in [0, 0.05) is 24.0 Å². The monoisotopic (exact) mass is 208 g/mol. The average molecular weight is 208 g/mol. The number of rotatable bonds is 2. The van der Waals surface area contributed by atoms with E-state index in [1.54, 1.807) is 0 Å². The highest BCUT2D eigenvalue weighted by atomic mass is 16.5. The zero-order valence-corrected chi connectivity index (χ0v) is 9.79. The molecule has 0 aromatic carbocycles. The molecule has 0 spiro atoms. The summed E-state index contributed by atoms with van der Waals surface area (Å²) in [4.78, 5) is 0. The summed E-state index contributed by atoms with van der Waals surface area (Å²) in [5.41, 5.74) is 6.10. The van der Waals surface area contributed by atoms with E-state index < -0.39 is 0 Å². The van der Waals surface area contributed by atoms with Crippen LogP contribution in [0.3, 0.4) is 0 Å². The van der Waals surface area contributed by atoms with Gasteiger partial charge in [0.05, 0.1) is 6.10 Å². The van der Waals surface area contributed by atoms with Crippen molar-refractivity contribution in [3.8, 4) is 0 Å². The maximum absolute atomic E-state index is 5.54. The molecule has 3 nitrogen and oxygen atoms in total. The fourth-order valence-electron chi connectivity index (χ4n) is 2.17. The van der Waals surface area contributed by atoms with Crippen LogP contribution in [0.4, 0.5) is 0 Å². The largest absolute Gasteiger partial charge is 0.378 e. The van der Waals surface area contributed by atoms with Gasteiger partial charge in [0.2, 0.25) is 0 Å². The third-order valence-corrected chi connectivity index (χ3v) is 3.07. The lowest BCUT2D eigenvalue weighted by atomic mass is 10.1. The second-order valence-electron chi connectivity index (χ2n) is 4.48. The van der Waals surface area contributed by atoms with E-state index in [-0.39, 0.29) is 0 Å². The normalized spacial score (nSPS) is 26.6. The quantitative estimate of drug-likeness (QED) is 0.806. The van der Waals surface area contributed by atoms with E-state index >= 15 is 0 Å². The standard InChI is InChI=1S/C12H20N2O/c1-9-4-5-10(2)14(9)13-12-6-7-15-11(3)8-12/h4-5,11-13H,6-8H2,1-3H3. The molecular formula is C12H20N2O. The number of nitrogens with zero attached hydrogens (tertiary/aromatic N) is 1. The van der Waals surface area contributed by atoms with Crippen molar-refractivity contribution in [3.05, 3.63) is 23.5 Å². The fourth-order valence-corrected chi connectivity index (χ4v) is 2.17. The minimum atomic E-state index is 0.382. The number of ether oxygens (including phenoxy) is 1. The molecule has 2 unspecified atom stereocenters. The number of hydrogen-bond acceptors (Lipinski definition) is 2. The van der Waals surface area contributed by atoms with E-state index in [4.69, 9.17) is 4.74 Å². The first-order valence-corrected chi connectivity index (χ1v) is 5.70. The first kappa shape index (κ1) is 10.6. The number of aromatic nitrogens is 1. The van der Waals surface area contributed by atoms with Crippen molar-refractivity contribution < 1.29 is 4.74 Å². The topological polar surface area (TPSA) is 26.2 Å². The van der Waals surface area contributed by atoms with Gasteiger partial charge in [-0.05, 0) is 45.7 Å². The molecule has 84 valence electrons. The number of aryl methyl sites for hydroxylation is 2. The van der Waals surface area contributed by atoms with Crippen LogP contribution in [0.5, 0.6) is 0 Å². The van der Waals surface area contributed by atoms with Crippen LogP contribution in [-0.2, 0) is 4.74 Å². The first-order valence-electron chi connectivity index (χ1n) is 5.70. The molecule has 0 amide bonds. The Hall–Kier alpha value is -0.960. The van der Waals surface area contributed by atoms with Crippen molar-refractivity contribution in [2.24, 2.45) is 0 Å². The summed E-state index contributed by atoms with van der Waals surface area (Å²) in [5, 5.41) is 0. The molecule has 2 rings (SSSR count). The molecule has 0 saturated carbocycles. The molecule has 1 saturated heterocycles. The molecule has 15 heavy (non-hydrogen) atoms. The third kappa shape index (κ3) is 2.34. The van der Waals surface area contributed by atoms with Crippen molar-refractivity contribution in [1.29, 1.82) is 0 Å². The van der Waals surface area contributed by atoms with Gasteiger partial charge in [-0.25, -0.2) is 0 Å². The average Bonchev–Trinajstić information content (AvgIpc) is 2.50. The maximum atomic E-state index is 5.54. The molecule has 1 aromatic rings. The van der Waals surface area contributed by atoms with Crippen LogP contribution in [0.15, 0.2) is 12.1 Å². The van der Waals surface area contributed by atoms with Gasteiger partial charge in [-0.3, -0.25) is 4.68 Å². The predicted molar refractivity (Wildman–Crippen MR) is 61.7 cm³/mol. The molecule has 2 heterocycles. The first-order chi connectivity index (χ1) is 7.16. The second kappa shape index (κ2) is 4.27. The van der Waals surface area contributed by atoms with E-state index in [0.29, 0.717) is 12.1 Å². The van der Waals surface area contributed by atoms with Crippen LogP contribution < -0.4 is 5.43 Å². The van der Waals surface area contributed by atoms with E-state index in [1.807, 2.05) is 0 Å². The summed E-state index contributed by atoms with van der Waals surface area (Å²) < 4.78 is 7.72. The Morgan fingerprint density at radius 3 is 2.60 bits per heavy atom. The van der Waals surface area contributed by atoms with Crippen molar-refractivity contribution in [2.75, 3.05) is 12.0 Å². The molecule has 1 aliphatic heterocycles. The molecule has 0 bridgehead atoms. The summed E-state index contributed by atoms with van der Waals surface area (Å²) in [5.74, 6) is 0. The van der Waals surface area contributed by atoms with Crippen LogP contribution in [-0.4, -0.2) is 23.4 Å². The van der Waals surface area contributed by atoms with Gasteiger partial charge in [0.15, 0.2) is 0 Å². The molecule has 2 atom stereocenters. The maximum Gasteiger partial charge on any atom is 0.0567 e. The lowest BCUT2D eigenvalue weighted by Crippen LogP contribution is -2.37. The van der Waals surface area contributed by atoms with Crippen molar-refractivity contribution in [3.63, 3.8) is 0 Å². The Labute approximate surface area is 91.4 Å².